The lowest BCUT2D eigenvalue weighted by Crippen LogP contribution is -2.28. The number of fused-ring (bicyclic) bond motifs is 1. The molecule has 1 N–H and O–H groups in total. The third-order valence-corrected chi connectivity index (χ3v) is 6.96. The molecule has 4 aromatic rings. The average molecular weight is 519 g/mol. The summed E-state index contributed by atoms with van der Waals surface area (Å²) in [6.07, 6.45) is 0.299. The van der Waals surface area contributed by atoms with Crippen LogP contribution in [0.15, 0.2) is 76.4 Å². The van der Waals surface area contributed by atoms with E-state index >= 15 is 0 Å². The highest BCUT2D eigenvalue weighted by atomic mass is 32.2. The molecule has 0 saturated carbocycles. The Morgan fingerprint density at radius 1 is 1.03 bits per heavy atom. The van der Waals surface area contributed by atoms with E-state index in [2.05, 4.69) is 15.6 Å². The molecule has 0 aliphatic carbocycles. The molecule has 1 unspecified atom stereocenters. The van der Waals surface area contributed by atoms with Crippen molar-refractivity contribution in [3.8, 4) is 5.75 Å². The van der Waals surface area contributed by atoms with E-state index in [0.717, 1.165) is 10.5 Å². The minimum atomic E-state index is -0.576. The van der Waals surface area contributed by atoms with Gasteiger partial charge in [0.1, 0.15) is 16.5 Å². The molecule has 4 rings (SSSR count). The number of carbonyl (C=O) groups excluding carboxylic acids is 2. The number of ether oxygens (including phenoxy) is 2. The predicted octanol–water partition coefficient (Wildman–Crippen LogP) is 4.08. The van der Waals surface area contributed by atoms with Crippen molar-refractivity contribution < 1.29 is 19.1 Å². The number of rotatable bonds is 9. The number of aryl methyl sites for hydroxylation is 2. The van der Waals surface area contributed by atoms with E-state index in [1.54, 1.807) is 42.5 Å². The van der Waals surface area contributed by atoms with Gasteiger partial charge >= 0.3 is 5.97 Å². The van der Waals surface area contributed by atoms with E-state index in [9.17, 15) is 14.4 Å². The Morgan fingerprint density at radius 3 is 2.43 bits per heavy atom. The normalized spacial score (nSPS) is 11.6. The van der Waals surface area contributed by atoms with Crippen molar-refractivity contribution in [3.05, 3.63) is 88.2 Å². The first-order chi connectivity index (χ1) is 17.9. The second-order valence-corrected chi connectivity index (χ2v) is 9.54. The molecule has 0 aliphatic rings. The maximum absolute atomic E-state index is 12.9. The van der Waals surface area contributed by atoms with E-state index in [0.29, 0.717) is 34.3 Å². The third kappa shape index (κ3) is 6.34. The minimum absolute atomic E-state index is 0.177. The molecule has 9 nitrogen and oxygen atoms in total. The molecule has 0 aliphatic heterocycles. The number of nitrogens with one attached hydrogen (secondary N) is 1. The number of methoxy groups -OCH3 is 2. The van der Waals surface area contributed by atoms with Gasteiger partial charge in [0.2, 0.25) is 0 Å². The summed E-state index contributed by atoms with van der Waals surface area (Å²) in [7, 11) is 2.85. The van der Waals surface area contributed by atoms with Crippen molar-refractivity contribution in [3.63, 3.8) is 0 Å². The molecule has 0 fully saturated rings. The fraction of sp³-hybridized carbons (Fsp3) is 0.222. The van der Waals surface area contributed by atoms with Crippen molar-refractivity contribution in [1.29, 1.82) is 0 Å². The number of benzene rings is 3. The van der Waals surface area contributed by atoms with E-state index in [4.69, 9.17) is 9.47 Å². The van der Waals surface area contributed by atoms with Crippen molar-refractivity contribution >= 4 is 40.2 Å². The highest BCUT2D eigenvalue weighted by Gasteiger charge is 2.22. The standard InChI is InChI=1S/C27H26N4O5S/c1-17-4-6-18(7-5-17)25(32)28-19-8-11-21(12-9-19)37-24(27(34)36-3)14-15-31-26(33)22-16-20(35-2)10-13-23(22)29-30-31/h4-13,16,24H,14-15H2,1-3H3,(H,28,32). The summed E-state index contributed by atoms with van der Waals surface area (Å²) < 4.78 is 11.4. The van der Waals surface area contributed by atoms with Crippen molar-refractivity contribution in [1.82, 2.24) is 15.0 Å². The number of aromatic nitrogens is 3. The van der Waals surface area contributed by atoms with E-state index in [1.807, 2.05) is 31.2 Å². The number of amides is 1. The van der Waals surface area contributed by atoms with Crippen LogP contribution in [0.25, 0.3) is 10.9 Å². The van der Waals surface area contributed by atoms with Crippen LogP contribution in [0.2, 0.25) is 0 Å². The van der Waals surface area contributed by atoms with Crippen LogP contribution in [-0.2, 0) is 16.1 Å². The van der Waals surface area contributed by atoms with E-state index < -0.39 is 11.2 Å². The van der Waals surface area contributed by atoms with Crippen LogP contribution in [0.3, 0.4) is 0 Å². The molecule has 0 radical (unpaired) electrons. The lowest BCUT2D eigenvalue weighted by atomic mass is 10.1. The SMILES string of the molecule is COC(=O)C(CCn1nnc2ccc(OC)cc2c1=O)Sc1ccc(NC(=O)c2ccc(C)cc2)cc1. The van der Waals surface area contributed by atoms with Gasteiger partial charge in [-0.1, -0.05) is 22.9 Å². The first-order valence-corrected chi connectivity index (χ1v) is 12.4. The molecule has 1 heterocycles. The Hall–Kier alpha value is -4.18. The van der Waals surface area contributed by atoms with Crippen molar-refractivity contribution in [2.75, 3.05) is 19.5 Å². The number of nitrogens with zero attached hydrogens (tertiary/aromatic N) is 3. The molecule has 1 aromatic heterocycles. The fourth-order valence-corrected chi connectivity index (χ4v) is 4.65. The minimum Gasteiger partial charge on any atom is -0.497 e. The largest absolute Gasteiger partial charge is 0.497 e. The number of thioether (sulfide) groups is 1. The Balaban J connectivity index is 1.43. The van der Waals surface area contributed by atoms with Gasteiger partial charge in [0, 0.05) is 22.7 Å². The van der Waals surface area contributed by atoms with E-state index in [1.165, 1.54) is 30.7 Å². The van der Waals surface area contributed by atoms with Gasteiger partial charge in [0.05, 0.1) is 19.6 Å². The molecule has 10 heteroatoms. The van der Waals surface area contributed by atoms with E-state index in [-0.39, 0.29) is 18.0 Å². The van der Waals surface area contributed by atoms with Crippen LogP contribution in [-0.4, -0.2) is 46.3 Å². The lowest BCUT2D eigenvalue weighted by Gasteiger charge is -2.15. The second kappa shape index (κ2) is 11.7. The second-order valence-electron chi connectivity index (χ2n) is 8.26. The summed E-state index contributed by atoms with van der Waals surface area (Å²) in [5.41, 5.74) is 2.44. The molecular weight excluding hydrogens is 492 g/mol. The Morgan fingerprint density at radius 2 is 1.76 bits per heavy atom. The Kier molecular flexibility index (Phi) is 8.19. The smallest absolute Gasteiger partial charge is 0.319 e. The van der Waals surface area contributed by atoms with Gasteiger partial charge in [-0.3, -0.25) is 14.4 Å². The number of hydrogen-bond donors (Lipinski definition) is 1. The summed E-state index contributed by atoms with van der Waals surface area (Å²) in [6, 6.07) is 19.5. The van der Waals surface area contributed by atoms with Gasteiger partial charge in [-0.05, 0) is 67.9 Å². The summed E-state index contributed by atoms with van der Waals surface area (Å²) in [4.78, 5) is 38.6. The predicted molar refractivity (Wildman–Crippen MR) is 142 cm³/mol. The third-order valence-electron chi connectivity index (χ3n) is 5.70. The molecule has 0 saturated heterocycles. The first-order valence-electron chi connectivity index (χ1n) is 11.5. The zero-order chi connectivity index (χ0) is 26.4. The van der Waals surface area contributed by atoms with Crippen molar-refractivity contribution in [2.45, 2.75) is 30.0 Å². The van der Waals surface area contributed by atoms with Crippen LogP contribution in [0, 0.1) is 6.92 Å². The maximum atomic E-state index is 12.9. The maximum Gasteiger partial charge on any atom is 0.319 e. The van der Waals surface area contributed by atoms with Crippen LogP contribution in [0.1, 0.15) is 22.3 Å². The zero-order valence-electron chi connectivity index (χ0n) is 20.6. The summed E-state index contributed by atoms with van der Waals surface area (Å²) in [6.45, 7) is 2.14. The highest BCUT2D eigenvalue weighted by molar-refractivity contribution is 8.00. The van der Waals surface area contributed by atoms with Gasteiger partial charge in [-0.2, -0.15) is 0 Å². The van der Waals surface area contributed by atoms with Crippen LogP contribution < -0.4 is 15.6 Å². The molecule has 190 valence electrons. The van der Waals surface area contributed by atoms with Gasteiger partial charge < -0.3 is 14.8 Å². The first kappa shape index (κ1) is 25.9. The van der Waals surface area contributed by atoms with Gasteiger partial charge in [-0.15, -0.1) is 16.9 Å². The topological polar surface area (TPSA) is 112 Å². The molecule has 0 spiro atoms. The number of carbonyl (C=O) groups is 2. The fourth-order valence-electron chi connectivity index (χ4n) is 3.61. The summed E-state index contributed by atoms with van der Waals surface area (Å²) in [5.74, 6) is -0.0664. The number of esters is 1. The average Bonchev–Trinajstić information content (AvgIpc) is 2.92. The summed E-state index contributed by atoms with van der Waals surface area (Å²) >= 11 is 1.31. The Labute approximate surface area is 217 Å². The molecule has 1 amide bonds. The molecule has 3 aromatic carbocycles. The molecule has 0 bridgehead atoms. The van der Waals surface area contributed by atoms with Crippen LogP contribution >= 0.6 is 11.8 Å². The monoisotopic (exact) mass is 518 g/mol. The molecular formula is C27H26N4O5S. The van der Waals surface area contributed by atoms with Crippen LogP contribution in [0.5, 0.6) is 5.75 Å². The number of anilines is 1. The van der Waals surface area contributed by atoms with Crippen molar-refractivity contribution in [2.24, 2.45) is 0 Å². The Bertz CT molecular complexity index is 1470. The zero-order valence-corrected chi connectivity index (χ0v) is 21.5. The van der Waals surface area contributed by atoms with Gasteiger partial charge in [0.15, 0.2) is 0 Å². The van der Waals surface area contributed by atoms with Crippen LogP contribution in [0.4, 0.5) is 5.69 Å². The summed E-state index contributed by atoms with van der Waals surface area (Å²) in [5, 5.41) is 10.8. The quantitative estimate of drug-likeness (QED) is 0.261. The molecule has 37 heavy (non-hydrogen) atoms. The number of hydrogen-bond acceptors (Lipinski definition) is 8. The van der Waals surface area contributed by atoms with Gasteiger partial charge in [0.25, 0.3) is 11.5 Å². The highest BCUT2D eigenvalue weighted by Crippen LogP contribution is 2.28. The molecule has 1 atom stereocenters. The van der Waals surface area contributed by atoms with Gasteiger partial charge in [-0.25, -0.2) is 4.68 Å². The lowest BCUT2D eigenvalue weighted by molar-refractivity contribution is -0.140.